The summed E-state index contributed by atoms with van der Waals surface area (Å²) in [6.45, 7) is 27.3. The Kier molecular flexibility index (Phi) is 9.99. The van der Waals surface area contributed by atoms with Gasteiger partial charge in [-0.05, 0) is 141 Å². The molecular weight excluding hydrogens is 805 g/mol. The summed E-state index contributed by atoms with van der Waals surface area (Å²) in [5.74, 6) is 1.70. The first-order valence-electron chi connectivity index (χ1n) is 23.3. The van der Waals surface area contributed by atoms with Crippen LogP contribution >= 0.6 is 0 Å². The monoisotopic (exact) mass is 864 g/mol. The first-order chi connectivity index (χ1) is 31.2. The van der Waals surface area contributed by atoms with Gasteiger partial charge in [0.2, 0.25) is 0 Å². The fourth-order valence-corrected chi connectivity index (χ4v) is 9.23. The van der Waals surface area contributed by atoms with E-state index in [2.05, 4.69) is 189 Å². The molecule has 4 aromatic carbocycles. The van der Waals surface area contributed by atoms with Gasteiger partial charge in [-0.25, -0.2) is 19.9 Å². The van der Waals surface area contributed by atoms with Gasteiger partial charge in [-0.15, -0.1) is 0 Å². The summed E-state index contributed by atoms with van der Waals surface area (Å²) in [7, 11) is 0. The first kappa shape index (κ1) is 43.0. The lowest BCUT2D eigenvalue weighted by atomic mass is 9.85. The average Bonchev–Trinajstić information content (AvgIpc) is 3.79. The molecule has 0 radical (unpaired) electrons. The molecule has 6 heteroatoms. The number of fused-ring (bicyclic) bond motifs is 6. The van der Waals surface area contributed by atoms with Crippen LogP contribution in [0.15, 0.2) is 146 Å². The molecule has 0 N–H and O–H groups in total. The van der Waals surface area contributed by atoms with Crippen molar-refractivity contribution in [2.75, 3.05) is 0 Å². The molecule has 0 aliphatic rings. The minimum absolute atomic E-state index is 0.0233. The Morgan fingerprint density at radius 2 is 0.500 bits per heavy atom. The third kappa shape index (κ3) is 7.66. The first-order valence-corrected chi connectivity index (χ1v) is 23.3. The molecule has 0 fully saturated rings. The Labute approximate surface area is 389 Å². The average molecular weight is 865 g/mol. The van der Waals surface area contributed by atoms with Crippen molar-refractivity contribution in [3.63, 3.8) is 0 Å². The van der Waals surface area contributed by atoms with Gasteiger partial charge < -0.3 is 0 Å². The molecule has 0 bridgehead atoms. The highest BCUT2D eigenvalue weighted by Gasteiger charge is 2.24. The smallest absolute Gasteiger partial charge is 0.138 e. The molecule has 6 nitrogen and oxygen atoms in total. The summed E-state index contributed by atoms with van der Waals surface area (Å²) in [6.07, 6.45) is 0. The van der Waals surface area contributed by atoms with E-state index in [-0.39, 0.29) is 21.7 Å². The fourth-order valence-electron chi connectivity index (χ4n) is 9.23. The summed E-state index contributed by atoms with van der Waals surface area (Å²) in [5, 5.41) is 4.95. The molecule has 0 amide bonds. The molecule has 10 aromatic rings. The molecule has 0 saturated carbocycles. The Balaban J connectivity index is 1.02. The van der Waals surface area contributed by atoms with Crippen molar-refractivity contribution in [1.29, 1.82) is 0 Å². The van der Waals surface area contributed by atoms with E-state index < -0.39 is 0 Å². The minimum Gasteiger partial charge on any atom is -0.294 e. The van der Waals surface area contributed by atoms with Crippen LogP contribution in [0.2, 0.25) is 0 Å². The molecule has 66 heavy (non-hydrogen) atoms. The van der Waals surface area contributed by atoms with Crippen LogP contribution in [0.5, 0.6) is 0 Å². The van der Waals surface area contributed by atoms with Crippen molar-refractivity contribution in [3.8, 4) is 45.8 Å². The van der Waals surface area contributed by atoms with Crippen molar-refractivity contribution in [2.24, 2.45) is 0 Å². The zero-order valence-corrected chi connectivity index (χ0v) is 40.5. The number of pyridine rings is 4. The SMILES string of the molecule is CC(C)(C)c1ccc2c(c1)c1cc(C(C)(C)C)ccc1n2-c1cccc(-c2cccc(-c3cccc(-c4cccc(-n5c6ccc(C(C)(C)C)cc6c6cc(C(C)(C)C)ccc65)n4)n3)n2)n1. The molecule has 0 aliphatic carbocycles. The van der Waals surface area contributed by atoms with Gasteiger partial charge in [-0.3, -0.25) is 9.13 Å². The van der Waals surface area contributed by atoms with Crippen LogP contribution in [0, 0.1) is 0 Å². The third-order valence-corrected chi connectivity index (χ3v) is 13.2. The third-order valence-electron chi connectivity index (χ3n) is 13.2. The summed E-state index contributed by atoms with van der Waals surface area (Å²) in [6, 6.07) is 52.2. The zero-order valence-electron chi connectivity index (χ0n) is 40.5. The highest BCUT2D eigenvalue weighted by Crippen LogP contribution is 2.40. The van der Waals surface area contributed by atoms with Gasteiger partial charge in [0, 0.05) is 21.5 Å². The Morgan fingerprint density at radius 3 is 0.742 bits per heavy atom. The summed E-state index contributed by atoms with van der Waals surface area (Å²) in [4.78, 5) is 21.0. The van der Waals surface area contributed by atoms with Crippen LogP contribution in [0.1, 0.15) is 105 Å². The summed E-state index contributed by atoms with van der Waals surface area (Å²) < 4.78 is 4.60. The van der Waals surface area contributed by atoms with E-state index >= 15 is 0 Å². The van der Waals surface area contributed by atoms with E-state index in [1.807, 2.05) is 48.5 Å². The minimum atomic E-state index is 0.0233. The van der Waals surface area contributed by atoms with E-state index in [1.165, 1.54) is 43.8 Å². The van der Waals surface area contributed by atoms with Gasteiger partial charge >= 0.3 is 0 Å². The second kappa shape index (κ2) is 15.3. The number of rotatable bonds is 5. The Bertz CT molecular complexity index is 3140. The highest BCUT2D eigenvalue weighted by atomic mass is 15.1. The number of hydrogen-bond donors (Lipinski definition) is 0. The van der Waals surface area contributed by atoms with Gasteiger partial charge in [0.05, 0.1) is 56.2 Å². The normalized spacial score (nSPS) is 12.8. The predicted octanol–water partition coefficient (Wildman–Crippen LogP) is 15.7. The molecule has 6 aromatic heterocycles. The summed E-state index contributed by atoms with van der Waals surface area (Å²) >= 11 is 0. The molecule has 0 spiro atoms. The maximum Gasteiger partial charge on any atom is 0.138 e. The van der Waals surface area contributed by atoms with Crippen LogP contribution in [0.25, 0.3) is 89.4 Å². The maximum absolute atomic E-state index is 5.31. The van der Waals surface area contributed by atoms with Crippen molar-refractivity contribution >= 4 is 43.6 Å². The number of nitrogens with zero attached hydrogens (tertiary/aromatic N) is 6. The van der Waals surface area contributed by atoms with Crippen LogP contribution in [0.3, 0.4) is 0 Å². The van der Waals surface area contributed by atoms with E-state index in [4.69, 9.17) is 19.9 Å². The summed E-state index contributed by atoms with van der Waals surface area (Å²) in [5.41, 5.74) is 14.6. The molecule has 0 atom stereocenters. The Hall–Kier alpha value is -6.92. The molecule has 0 aliphatic heterocycles. The fraction of sp³-hybridized carbons (Fsp3) is 0.267. The number of aromatic nitrogens is 6. The topological polar surface area (TPSA) is 61.4 Å². The molecular formula is C60H60N6. The molecule has 6 heterocycles. The molecule has 10 rings (SSSR count). The van der Waals surface area contributed by atoms with Crippen molar-refractivity contribution in [3.05, 3.63) is 168 Å². The number of hydrogen-bond acceptors (Lipinski definition) is 4. The van der Waals surface area contributed by atoms with E-state index in [0.29, 0.717) is 0 Å². The van der Waals surface area contributed by atoms with Gasteiger partial charge in [-0.2, -0.15) is 0 Å². The van der Waals surface area contributed by atoms with Crippen LogP contribution < -0.4 is 0 Å². The lowest BCUT2D eigenvalue weighted by Crippen LogP contribution is -2.10. The van der Waals surface area contributed by atoms with Gasteiger partial charge in [0.25, 0.3) is 0 Å². The molecule has 0 saturated heterocycles. The standard InChI is InChI=1S/C60H60N6/c1-57(2,3)37-25-29-51-41(33-37)42-34-38(58(4,5)6)26-30-52(42)65(51)55-23-15-21-49(63-55)47-19-13-17-45(61-47)46-18-14-20-48(62-46)50-22-16-24-56(64-50)66-53-31-27-39(59(7,8)9)35-43(53)44-36-40(60(10,11)12)28-32-54(44)66/h13-36H,1-12H3. The molecule has 330 valence electrons. The lowest BCUT2D eigenvalue weighted by molar-refractivity contribution is 0.590. The quantitative estimate of drug-likeness (QED) is 0.173. The van der Waals surface area contributed by atoms with Gasteiger partial charge in [-0.1, -0.05) is 132 Å². The Morgan fingerprint density at radius 1 is 0.273 bits per heavy atom. The van der Waals surface area contributed by atoms with Crippen LogP contribution in [-0.4, -0.2) is 29.1 Å². The van der Waals surface area contributed by atoms with Crippen LogP contribution in [-0.2, 0) is 21.7 Å². The zero-order chi connectivity index (χ0) is 46.5. The van der Waals surface area contributed by atoms with Crippen LogP contribution in [0.4, 0.5) is 0 Å². The second-order valence-electron chi connectivity index (χ2n) is 22.2. The van der Waals surface area contributed by atoms with Crippen molar-refractivity contribution in [2.45, 2.75) is 105 Å². The predicted molar refractivity (Wildman–Crippen MR) is 277 cm³/mol. The second-order valence-corrected chi connectivity index (χ2v) is 22.2. The van der Waals surface area contributed by atoms with Crippen molar-refractivity contribution < 1.29 is 0 Å². The van der Waals surface area contributed by atoms with Gasteiger partial charge in [0.15, 0.2) is 0 Å². The molecule has 0 unspecified atom stereocenters. The van der Waals surface area contributed by atoms with E-state index in [0.717, 1.165) is 67.9 Å². The lowest BCUT2D eigenvalue weighted by Gasteiger charge is -2.19. The maximum atomic E-state index is 5.31. The van der Waals surface area contributed by atoms with E-state index in [9.17, 15) is 0 Å². The van der Waals surface area contributed by atoms with Gasteiger partial charge in [0.1, 0.15) is 11.6 Å². The highest BCUT2D eigenvalue weighted by molar-refractivity contribution is 6.11. The largest absolute Gasteiger partial charge is 0.294 e. The van der Waals surface area contributed by atoms with E-state index in [1.54, 1.807) is 0 Å². The number of benzene rings is 4. The van der Waals surface area contributed by atoms with Crippen molar-refractivity contribution in [1.82, 2.24) is 29.1 Å².